The number of fused-ring (bicyclic) bond motifs is 2. The summed E-state index contributed by atoms with van der Waals surface area (Å²) >= 11 is 0. The lowest BCUT2D eigenvalue weighted by molar-refractivity contribution is 0.264. The van der Waals surface area contributed by atoms with E-state index in [1.807, 2.05) is 0 Å². The minimum atomic E-state index is 0.661. The maximum absolute atomic E-state index is 3.73. The molecule has 0 aromatic heterocycles. The lowest BCUT2D eigenvalue weighted by atomic mass is 9.95. The molecule has 2 heteroatoms. The minimum Gasteiger partial charge on any atom is -0.308 e. The van der Waals surface area contributed by atoms with E-state index in [1.54, 1.807) is 5.56 Å². The molecule has 4 rings (SSSR count). The monoisotopic (exact) mass is 256 g/mol. The van der Waals surface area contributed by atoms with Gasteiger partial charge in [0.1, 0.15) is 0 Å². The summed E-state index contributed by atoms with van der Waals surface area (Å²) in [6.45, 7) is 5.04. The molecule has 102 valence electrons. The van der Waals surface area contributed by atoms with Crippen LogP contribution in [0.1, 0.15) is 30.4 Å². The Morgan fingerprint density at radius 2 is 1.79 bits per heavy atom. The standard InChI is InChI=1S/C17H24N2/c1-2-5-14-9-18-17(8-13(14)4-1)12-19-10-15-6-3-7-16(15)11-19/h1-2,4-5,15-18H,3,6-12H2. The number of hydrogen-bond acceptors (Lipinski definition) is 2. The number of benzene rings is 1. The average Bonchev–Trinajstić information content (AvgIpc) is 2.99. The fourth-order valence-corrected chi connectivity index (χ4v) is 4.44. The Kier molecular flexibility index (Phi) is 3.08. The van der Waals surface area contributed by atoms with E-state index in [2.05, 4.69) is 34.5 Å². The summed E-state index contributed by atoms with van der Waals surface area (Å²) < 4.78 is 0. The molecule has 1 saturated carbocycles. The van der Waals surface area contributed by atoms with Crippen molar-refractivity contribution < 1.29 is 0 Å². The van der Waals surface area contributed by atoms with Gasteiger partial charge in [-0.2, -0.15) is 0 Å². The molecular weight excluding hydrogens is 232 g/mol. The summed E-state index contributed by atoms with van der Waals surface area (Å²) in [6, 6.07) is 9.57. The van der Waals surface area contributed by atoms with Crippen molar-refractivity contribution in [3.05, 3.63) is 35.4 Å². The third-order valence-corrected chi connectivity index (χ3v) is 5.45. The highest BCUT2D eigenvalue weighted by atomic mass is 15.2. The minimum absolute atomic E-state index is 0.661. The summed E-state index contributed by atoms with van der Waals surface area (Å²) in [5, 5.41) is 3.73. The first-order valence-corrected chi connectivity index (χ1v) is 7.91. The SMILES string of the molecule is c1ccc2c(c1)CNC(CN1CC3CCCC3C1)C2. The molecule has 1 aromatic rings. The van der Waals surface area contributed by atoms with Crippen molar-refractivity contribution >= 4 is 0 Å². The summed E-state index contributed by atoms with van der Waals surface area (Å²) in [6.07, 6.45) is 5.67. The molecule has 0 radical (unpaired) electrons. The second-order valence-electron chi connectivity index (χ2n) is 6.72. The first-order chi connectivity index (χ1) is 9.38. The Morgan fingerprint density at radius 3 is 2.58 bits per heavy atom. The lowest BCUT2D eigenvalue weighted by Crippen LogP contribution is -2.44. The van der Waals surface area contributed by atoms with E-state index in [-0.39, 0.29) is 0 Å². The van der Waals surface area contributed by atoms with Crippen molar-refractivity contribution in [1.82, 2.24) is 10.2 Å². The predicted octanol–water partition coefficient (Wildman–Crippen LogP) is 2.43. The van der Waals surface area contributed by atoms with Crippen LogP contribution in [0, 0.1) is 11.8 Å². The van der Waals surface area contributed by atoms with Crippen LogP contribution >= 0.6 is 0 Å². The highest BCUT2D eigenvalue weighted by Gasteiger charge is 2.36. The van der Waals surface area contributed by atoms with Crippen molar-refractivity contribution in [2.45, 2.75) is 38.3 Å². The molecule has 1 aromatic carbocycles. The number of hydrogen-bond donors (Lipinski definition) is 1. The second-order valence-corrected chi connectivity index (χ2v) is 6.72. The van der Waals surface area contributed by atoms with E-state index < -0.39 is 0 Å². The molecule has 0 amide bonds. The molecular formula is C17H24N2. The summed E-state index contributed by atoms with van der Waals surface area (Å²) in [5.74, 6) is 2.05. The van der Waals surface area contributed by atoms with E-state index >= 15 is 0 Å². The van der Waals surface area contributed by atoms with E-state index in [1.165, 1.54) is 50.9 Å². The maximum Gasteiger partial charge on any atom is 0.0238 e. The van der Waals surface area contributed by atoms with Crippen LogP contribution < -0.4 is 5.32 Å². The number of nitrogens with zero attached hydrogens (tertiary/aromatic N) is 1. The largest absolute Gasteiger partial charge is 0.308 e. The molecule has 19 heavy (non-hydrogen) atoms. The molecule has 2 fully saturated rings. The maximum atomic E-state index is 3.73. The quantitative estimate of drug-likeness (QED) is 0.874. The van der Waals surface area contributed by atoms with Crippen LogP contribution in [-0.2, 0) is 13.0 Å². The lowest BCUT2D eigenvalue weighted by Gasteiger charge is -2.30. The molecule has 1 saturated heterocycles. The van der Waals surface area contributed by atoms with Gasteiger partial charge < -0.3 is 10.2 Å². The summed E-state index contributed by atoms with van der Waals surface area (Å²) in [4.78, 5) is 2.72. The third-order valence-electron chi connectivity index (χ3n) is 5.45. The van der Waals surface area contributed by atoms with Gasteiger partial charge in [0.15, 0.2) is 0 Å². The highest BCUT2D eigenvalue weighted by molar-refractivity contribution is 5.30. The highest BCUT2D eigenvalue weighted by Crippen LogP contribution is 2.37. The molecule has 1 N–H and O–H groups in total. The molecule has 0 spiro atoms. The van der Waals surface area contributed by atoms with Crippen LogP contribution in [0.2, 0.25) is 0 Å². The van der Waals surface area contributed by atoms with Crippen molar-refractivity contribution in [1.29, 1.82) is 0 Å². The molecule has 2 nitrogen and oxygen atoms in total. The van der Waals surface area contributed by atoms with Crippen LogP contribution in [-0.4, -0.2) is 30.6 Å². The fraction of sp³-hybridized carbons (Fsp3) is 0.647. The first-order valence-electron chi connectivity index (χ1n) is 7.91. The molecule has 1 aliphatic carbocycles. The van der Waals surface area contributed by atoms with Crippen LogP contribution in [0.3, 0.4) is 0 Å². The van der Waals surface area contributed by atoms with E-state index in [0.29, 0.717) is 6.04 Å². The Labute approximate surface area is 116 Å². The molecule has 3 unspecified atom stereocenters. The van der Waals surface area contributed by atoms with Gasteiger partial charge in [0.05, 0.1) is 0 Å². The van der Waals surface area contributed by atoms with Gasteiger partial charge in [-0.05, 0) is 42.2 Å². The van der Waals surface area contributed by atoms with E-state index in [9.17, 15) is 0 Å². The number of rotatable bonds is 2. The summed E-state index contributed by atoms with van der Waals surface area (Å²) in [5.41, 5.74) is 3.06. The van der Waals surface area contributed by atoms with Crippen LogP contribution in [0.25, 0.3) is 0 Å². The Balaban J connectivity index is 1.38. The predicted molar refractivity (Wildman–Crippen MR) is 78.0 cm³/mol. The van der Waals surface area contributed by atoms with Gasteiger partial charge >= 0.3 is 0 Å². The van der Waals surface area contributed by atoms with E-state index in [4.69, 9.17) is 0 Å². The van der Waals surface area contributed by atoms with E-state index in [0.717, 1.165) is 18.4 Å². The number of nitrogens with one attached hydrogen (secondary N) is 1. The zero-order valence-corrected chi connectivity index (χ0v) is 11.6. The van der Waals surface area contributed by atoms with Crippen LogP contribution in [0.15, 0.2) is 24.3 Å². The fourth-order valence-electron chi connectivity index (χ4n) is 4.44. The van der Waals surface area contributed by atoms with Gasteiger partial charge in [-0.25, -0.2) is 0 Å². The summed E-state index contributed by atoms with van der Waals surface area (Å²) in [7, 11) is 0. The topological polar surface area (TPSA) is 15.3 Å². The average molecular weight is 256 g/mol. The zero-order chi connectivity index (χ0) is 12.7. The third kappa shape index (κ3) is 2.32. The van der Waals surface area contributed by atoms with Crippen LogP contribution in [0.4, 0.5) is 0 Å². The van der Waals surface area contributed by atoms with Gasteiger partial charge in [0.2, 0.25) is 0 Å². The van der Waals surface area contributed by atoms with Crippen molar-refractivity contribution in [3.63, 3.8) is 0 Å². The Morgan fingerprint density at radius 1 is 1.05 bits per heavy atom. The van der Waals surface area contributed by atoms with Gasteiger partial charge in [0.25, 0.3) is 0 Å². The second kappa shape index (κ2) is 4.92. The van der Waals surface area contributed by atoms with Crippen molar-refractivity contribution in [2.24, 2.45) is 11.8 Å². The normalized spacial score (nSPS) is 34.2. The van der Waals surface area contributed by atoms with Crippen molar-refractivity contribution in [2.75, 3.05) is 19.6 Å². The smallest absolute Gasteiger partial charge is 0.0238 e. The Bertz CT molecular complexity index is 444. The number of likely N-dealkylation sites (tertiary alicyclic amines) is 1. The van der Waals surface area contributed by atoms with Crippen LogP contribution in [0.5, 0.6) is 0 Å². The van der Waals surface area contributed by atoms with Gasteiger partial charge in [-0.3, -0.25) is 0 Å². The zero-order valence-electron chi connectivity index (χ0n) is 11.6. The van der Waals surface area contributed by atoms with Gasteiger partial charge in [-0.15, -0.1) is 0 Å². The molecule has 3 atom stereocenters. The molecule has 2 aliphatic heterocycles. The first kappa shape index (κ1) is 11.9. The molecule has 2 heterocycles. The molecule has 3 aliphatic rings. The molecule has 0 bridgehead atoms. The Hall–Kier alpha value is -0.860. The van der Waals surface area contributed by atoms with Gasteiger partial charge in [-0.1, -0.05) is 30.7 Å². The van der Waals surface area contributed by atoms with Gasteiger partial charge in [0, 0.05) is 32.2 Å². The van der Waals surface area contributed by atoms with Crippen molar-refractivity contribution in [3.8, 4) is 0 Å².